The number of hydrogen-bond donors (Lipinski definition) is 1. The molecule has 10 heavy (non-hydrogen) atoms. The van der Waals surface area contributed by atoms with Crippen molar-refractivity contribution in [3.63, 3.8) is 0 Å². The Kier molecular flexibility index (Phi) is 4.08. The number of nitrogen functional groups attached to an aromatic ring is 1. The van der Waals surface area contributed by atoms with Gasteiger partial charge in [0.05, 0.1) is 0 Å². The van der Waals surface area contributed by atoms with Gasteiger partial charge in [0.2, 0.25) is 0 Å². The van der Waals surface area contributed by atoms with E-state index in [4.69, 9.17) is 12.2 Å². The van der Waals surface area contributed by atoms with Crippen LogP contribution in [-0.4, -0.2) is 0 Å². The molecule has 0 saturated carbocycles. The van der Waals surface area contributed by atoms with E-state index in [0.717, 1.165) is 5.13 Å². The van der Waals surface area contributed by atoms with Crippen LogP contribution in [-0.2, 0) is 6.54 Å². The largest absolute Gasteiger partial charge is 1.00 e. The molecule has 1 heterocycles. The highest BCUT2D eigenvalue weighted by molar-refractivity contribution is 7.12. The van der Waals surface area contributed by atoms with E-state index < -0.39 is 0 Å². The van der Waals surface area contributed by atoms with Gasteiger partial charge in [0.1, 0.15) is 6.20 Å². The summed E-state index contributed by atoms with van der Waals surface area (Å²) in [5.74, 6) is 2.50. The Morgan fingerprint density at radius 3 is 2.90 bits per heavy atom. The molecule has 1 aromatic rings. The highest BCUT2D eigenvalue weighted by atomic mass is 79.9. The molecule has 0 aliphatic heterocycles. The first-order chi connectivity index (χ1) is 4.34. The van der Waals surface area contributed by atoms with Crippen LogP contribution in [0.3, 0.4) is 0 Å². The maximum Gasteiger partial charge on any atom is 0.332 e. The van der Waals surface area contributed by atoms with Crippen molar-refractivity contribution >= 4 is 16.5 Å². The molecule has 0 aromatic carbocycles. The highest BCUT2D eigenvalue weighted by Crippen LogP contribution is 2.01. The molecular formula is C6H7BrN2S. The van der Waals surface area contributed by atoms with Crippen molar-refractivity contribution in [2.75, 3.05) is 5.73 Å². The van der Waals surface area contributed by atoms with E-state index in [9.17, 15) is 0 Å². The molecule has 0 saturated heterocycles. The number of terminal acetylenes is 1. The van der Waals surface area contributed by atoms with Crippen LogP contribution in [0.5, 0.6) is 0 Å². The van der Waals surface area contributed by atoms with Gasteiger partial charge in [0, 0.05) is 5.38 Å². The monoisotopic (exact) mass is 218 g/mol. The van der Waals surface area contributed by atoms with E-state index in [2.05, 4.69) is 5.92 Å². The molecule has 0 aliphatic rings. The fourth-order valence-electron chi connectivity index (χ4n) is 0.544. The van der Waals surface area contributed by atoms with Crippen LogP contribution in [0, 0.1) is 12.3 Å². The molecule has 54 valence electrons. The second-order valence-electron chi connectivity index (χ2n) is 1.57. The molecule has 0 amide bonds. The maximum absolute atomic E-state index is 5.51. The minimum atomic E-state index is 0. The normalized spacial score (nSPS) is 7.90. The number of halogens is 1. The van der Waals surface area contributed by atoms with Crippen LogP contribution in [0.15, 0.2) is 11.6 Å². The topological polar surface area (TPSA) is 29.9 Å². The Bertz CT molecular complexity index is 238. The number of hydrogen-bond acceptors (Lipinski definition) is 2. The van der Waals surface area contributed by atoms with E-state index in [1.165, 1.54) is 11.3 Å². The van der Waals surface area contributed by atoms with Crippen LogP contribution in [0.4, 0.5) is 5.13 Å². The summed E-state index contributed by atoms with van der Waals surface area (Å²) in [4.78, 5) is 0. The highest BCUT2D eigenvalue weighted by Gasteiger charge is 2.00. The van der Waals surface area contributed by atoms with E-state index in [-0.39, 0.29) is 17.0 Å². The first-order valence-electron chi connectivity index (χ1n) is 2.50. The molecule has 0 spiro atoms. The summed E-state index contributed by atoms with van der Waals surface area (Å²) in [6, 6.07) is 0. The van der Waals surface area contributed by atoms with Gasteiger partial charge < -0.3 is 17.0 Å². The van der Waals surface area contributed by atoms with E-state index in [0.29, 0.717) is 6.54 Å². The average molecular weight is 219 g/mol. The van der Waals surface area contributed by atoms with Crippen molar-refractivity contribution in [2.45, 2.75) is 6.54 Å². The number of rotatable bonds is 1. The number of nitrogens with zero attached hydrogens (tertiary/aromatic N) is 1. The Morgan fingerprint density at radius 1 is 1.80 bits per heavy atom. The Labute approximate surface area is 74.4 Å². The Morgan fingerprint density at radius 2 is 2.50 bits per heavy atom. The minimum absolute atomic E-state index is 0. The molecule has 0 aliphatic carbocycles. The second kappa shape index (κ2) is 4.31. The third-order valence-corrected chi connectivity index (χ3v) is 1.71. The zero-order chi connectivity index (χ0) is 6.69. The predicted molar refractivity (Wildman–Crippen MR) is 37.8 cm³/mol. The van der Waals surface area contributed by atoms with Gasteiger partial charge in [-0.3, -0.25) is 5.73 Å². The summed E-state index contributed by atoms with van der Waals surface area (Å²) in [6.45, 7) is 0.565. The van der Waals surface area contributed by atoms with Gasteiger partial charge in [-0.1, -0.05) is 17.3 Å². The molecule has 1 aromatic heterocycles. The van der Waals surface area contributed by atoms with Crippen LogP contribution >= 0.6 is 11.3 Å². The summed E-state index contributed by atoms with van der Waals surface area (Å²) in [5, 5.41) is 2.67. The molecule has 1 rings (SSSR count). The van der Waals surface area contributed by atoms with Crippen molar-refractivity contribution in [2.24, 2.45) is 0 Å². The van der Waals surface area contributed by atoms with Gasteiger partial charge in [0.15, 0.2) is 6.54 Å². The van der Waals surface area contributed by atoms with E-state index in [1.807, 2.05) is 16.1 Å². The zero-order valence-electron chi connectivity index (χ0n) is 5.25. The van der Waals surface area contributed by atoms with Crippen LogP contribution in [0.25, 0.3) is 0 Å². The smallest absolute Gasteiger partial charge is 0.332 e. The van der Waals surface area contributed by atoms with Crippen molar-refractivity contribution in [3.8, 4) is 12.3 Å². The van der Waals surface area contributed by atoms with Gasteiger partial charge in [-0.25, -0.2) is 4.57 Å². The van der Waals surface area contributed by atoms with Crippen molar-refractivity contribution in [1.29, 1.82) is 0 Å². The predicted octanol–water partition coefficient (Wildman–Crippen LogP) is -2.74. The summed E-state index contributed by atoms with van der Waals surface area (Å²) >= 11 is 1.49. The van der Waals surface area contributed by atoms with Crippen molar-refractivity contribution in [1.82, 2.24) is 0 Å². The molecule has 2 nitrogen and oxygen atoms in total. The fraction of sp³-hybridized carbons (Fsp3) is 0.167. The summed E-state index contributed by atoms with van der Waals surface area (Å²) in [5.41, 5.74) is 5.51. The van der Waals surface area contributed by atoms with Crippen LogP contribution < -0.4 is 27.3 Å². The van der Waals surface area contributed by atoms with Gasteiger partial charge >= 0.3 is 5.13 Å². The molecule has 0 atom stereocenters. The number of thiazole rings is 1. The number of nitrogens with two attached hydrogens (primary N) is 1. The van der Waals surface area contributed by atoms with Crippen LogP contribution in [0.1, 0.15) is 0 Å². The molecule has 0 fully saturated rings. The molecule has 0 radical (unpaired) electrons. The van der Waals surface area contributed by atoms with Gasteiger partial charge in [-0.05, 0) is 0 Å². The standard InChI is InChI=1S/C6H6N2S.BrH/c1-2-3-8-4-5-9-6(8)7;/h1,4-5,7H,3H2;1H. The maximum atomic E-state index is 5.51. The summed E-state index contributed by atoms with van der Waals surface area (Å²) < 4.78 is 1.82. The first kappa shape index (κ1) is 9.47. The summed E-state index contributed by atoms with van der Waals surface area (Å²) in [6.07, 6.45) is 6.94. The first-order valence-corrected chi connectivity index (χ1v) is 3.38. The number of anilines is 1. The summed E-state index contributed by atoms with van der Waals surface area (Å²) in [7, 11) is 0. The Hall–Kier alpha value is -0.530. The molecule has 0 bridgehead atoms. The molecule has 2 N–H and O–H groups in total. The van der Waals surface area contributed by atoms with E-state index >= 15 is 0 Å². The van der Waals surface area contributed by atoms with Crippen molar-refractivity contribution < 1.29 is 21.5 Å². The molecular weight excluding hydrogens is 212 g/mol. The van der Waals surface area contributed by atoms with E-state index in [1.54, 1.807) is 0 Å². The van der Waals surface area contributed by atoms with Gasteiger partial charge in [-0.2, -0.15) is 0 Å². The second-order valence-corrected chi connectivity index (χ2v) is 2.50. The van der Waals surface area contributed by atoms with Gasteiger partial charge in [-0.15, -0.1) is 6.42 Å². The third kappa shape index (κ3) is 2.01. The zero-order valence-corrected chi connectivity index (χ0v) is 7.65. The average Bonchev–Trinajstić information content (AvgIpc) is 2.18. The van der Waals surface area contributed by atoms with Crippen LogP contribution in [0.2, 0.25) is 0 Å². The quantitative estimate of drug-likeness (QED) is 0.403. The lowest BCUT2D eigenvalue weighted by atomic mass is 10.6. The lowest BCUT2D eigenvalue weighted by Gasteiger charge is -1.85. The Balaban J connectivity index is 0.000000810. The lowest BCUT2D eigenvalue weighted by Crippen LogP contribution is -3.00. The molecule has 4 heteroatoms. The number of aromatic nitrogens is 1. The SMILES string of the molecule is C#CC[n+]1ccsc1N.[Br-]. The molecule has 0 unspecified atom stereocenters. The fourth-order valence-corrected chi connectivity index (χ4v) is 1.15. The van der Waals surface area contributed by atoms with Gasteiger partial charge in [0.25, 0.3) is 0 Å². The lowest BCUT2D eigenvalue weighted by molar-refractivity contribution is -0.666. The minimum Gasteiger partial charge on any atom is -1.00 e. The third-order valence-electron chi connectivity index (χ3n) is 0.974. The van der Waals surface area contributed by atoms with Crippen molar-refractivity contribution in [3.05, 3.63) is 11.6 Å².